The number of methoxy groups -OCH3 is 2. The van der Waals surface area contributed by atoms with E-state index in [1.165, 1.54) is 33.5 Å². The number of hydrogen-bond donors (Lipinski definition) is 1. The van der Waals surface area contributed by atoms with Crippen LogP contribution in [0.4, 0.5) is 0 Å². The number of aromatic hydroxyl groups is 1. The van der Waals surface area contributed by atoms with Crippen molar-refractivity contribution >= 4 is 16.8 Å². The second-order valence-corrected chi connectivity index (χ2v) is 3.54. The summed E-state index contributed by atoms with van der Waals surface area (Å²) in [7, 11) is 2.92. The quantitative estimate of drug-likeness (QED) is 0.828. The van der Waals surface area contributed by atoms with E-state index >= 15 is 0 Å². The molecule has 0 saturated carbocycles. The van der Waals surface area contributed by atoms with Gasteiger partial charge in [0.25, 0.3) is 0 Å². The largest absolute Gasteiger partial charge is 0.507 e. The summed E-state index contributed by atoms with van der Waals surface area (Å²) in [5, 5.41) is 10.2. The van der Waals surface area contributed by atoms with Crippen molar-refractivity contribution in [3.63, 3.8) is 0 Å². The molecule has 0 bridgehead atoms. The summed E-state index contributed by atoms with van der Waals surface area (Å²) in [5.74, 6) is 0.442. The summed E-state index contributed by atoms with van der Waals surface area (Å²) in [6.07, 6.45) is 1.30. The van der Waals surface area contributed by atoms with Crippen molar-refractivity contribution in [2.24, 2.45) is 0 Å². The van der Waals surface area contributed by atoms with Crippen molar-refractivity contribution in [2.45, 2.75) is 6.92 Å². The summed E-state index contributed by atoms with van der Waals surface area (Å²) >= 11 is 0. The Morgan fingerprint density at radius 2 is 2.06 bits per heavy atom. The number of fused-ring (bicyclic) bond motifs is 1. The fourth-order valence-electron chi connectivity index (χ4n) is 1.76. The lowest BCUT2D eigenvalue weighted by molar-refractivity contribution is 0.101. The van der Waals surface area contributed by atoms with Gasteiger partial charge in [-0.2, -0.15) is 0 Å². The van der Waals surface area contributed by atoms with E-state index in [4.69, 9.17) is 13.9 Å². The number of phenolic OH excluding ortho intramolecular Hbond substituents is 1. The second kappa shape index (κ2) is 4.01. The fraction of sp³-hybridized carbons (Fsp3) is 0.250. The minimum absolute atomic E-state index is 0.0726. The Hall–Kier alpha value is -2.17. The van der Waals surface area contributed by atoms with Crippen molar-refractivity contribution in [3.8, 4) is 17.2 Å². The molecule has 2 aromatic rings. The summed E-state index contributed by atoms with van der Waals surface area (Å²) < 4.78 is 15.5. The molecule has 2 rings (SSSR count). The van der Waals surface area contributed by atoms with E-state index in [1.54, 1.807) is 0 Å². The zero-order valence-corrected chi connectivity index (χ0v) is 9.73. The Morgan fingerprint density at radius 3 is 2.59 bits per heavy atom. The van der Waals surface area contributed by atoms with E-state index in [-0.39, 0.29) is 11.5 Å². The molecule has 0 atom stereocenters. The third-order valence-electron chi connectivity index (χ3n) is 2.55. The Kier molecular flexibility index (Phi) is 2.67. The average molecular weight is 236 g/mol. The van der Waals surface area contributed by atoms with Crippen molar-refractivity contribution in [3.05, 3.63) is 17.9 Å². The van der Waals surface area contributed by atoms with Crippen molar-refractivity contribution in [2.75, 3.05) is 14.2 Å². The number of furan rings is 1. The molecule has 0 unspecified atom stereocenters. The molecule has 0 aliphatic carbocycles. The summed E-state index contributed by atoms with van der Waals surface area (Å²) in [4.78, 5) is 11.4. The Morgan fingerprint density at radius 1 is 1.35 bits per heavy atom. The van der Waals surface area contributed by atoms with Crippen LogP contribution in [0.5, 0.6) is 17.2 Å². The van der Waals surface area contributed by atoms with Gasteiger partial charge >= 0.3 is 0 Å². The van der Waals surface area contributed by atoms with Crippen LogP contribution in [0.2, 0.25) is 0 Å². The molecule has 0 aliphatic rings. The van der Waals surface area contributed by atoms with Crippen LogP contribution in [0.1, 0.15) is 17.3 Å². The smallest absolute Gasteiger partial charge is 0.204 e. The first kappa shape index (κ1) is 11.3. The molecule has 5 nitrogen and oxygen atoms in total. The molecule has 0 aliphatic heterocycles. The highest BCUT2D eigenvalue weighted by molar-refractivity contribution is 6.09. The lowest BCUT2D eigenvalue weighted by Crippen LogP contribution is -1.93. The van der Waals surface area contributed by atoms with Gasteiger partial charge in [0.2, 0.25) is 5.75 Å². The van der Waals surface area contributed by atoms with Gasteiger partial charge in [-0.1, -0.05) is 0 Å². The van der Waals surface area contributed by atoms with Gasteiger partial charge in [-0.15, -0.1) is 0 Å². The Balaban J connectivity index is 2.86. The number of phenols is 1. The molecule has 0 radical (unpaired) electrons. The topological polar surface area (TPSA) is 68.9 Å². The number of Topliss-reactive ketones (excluding diaryl/α,β-unsaturated/α-hetero) is 1. The minimum Gasteiger partial charge on any atom is -0.507 e. The number of rotatable bonds is 3. The van der Waals surface area contributed by atoms with Gasteiger partial charge in [0.15, 0.2) is 17.1 Å². The SMILES string of the molecule is COc1cc(O)c2c(C(C)=O)coc2c1OC. The normalized spacial score (nSPS) is 10.5. The molecule has 5 heteroatoms. The summed E-state index contributed by atoms with van der Waals surface area (Å²) in [6, 6.07) is 1.39. The molecule has 90 valence electrons. The van der Waals surface area contributed by atoms with E-state index in [0.717, 1.165) is 0 Å². The van der Waals surface area contributed by atoms with E-state index in [9.17, 15) is 9.90 Å². The molecular formula is C12H12O5. The molecule has 0 fully saturated rings. The van der Waals surface area contributed by atoms with Gasteiger partial charge in [-0.05, 0) is 6.92 Å². The van der Waals surface area contributed by atoms with Crippen molar-refractivity contribution in [1.82, 2.24) is 0 Å². The van der Waals surface area contributed by atoms with Crippen molar-refractivity contribution < 1.29 is 23.8 Å². The van der Waals surface area contributed by atoms with Crippen LogP contribution in [0.25, 0.3) is 11.0 Å². The molecule has 1 heterocycles. The van der Waals surface area contributed by atoms with E-state index in [2.05, 4.69) is 0 Å². The lowest BCUT2D eigenvalue weighted by Gasteiger charge is -2.08. The van der Waals surface area contributed by atoms with Gasteiger partial charge in [-0.25, -0.2) is 0 Å². The van der Waals surface area contributed by atoms with Gasteiger partial charge in [0, 0.05) is 6.07 Å². The third kappa shape index (κ3) is 1.60. The second-order valence-electron chi connectivity index (χ2n) is 3.54. The maximum atomic E-state index is 11.4. The molecular weight excluding hydrogens is 224 g/mol. The fourth-order valence-corrected chi connectivity index (χ4v) is 1.76. The highest BCUT2D eigenvalue weighted by atomic mass is 16.5. The highest BCUT2D eigenvalue weighted by Crippen LogP contribution is 2.43. The molecule has 0 amide bonds. The zero-order valence-electron chi connectivity index (χ0n) is 9.73. The molecule has 1 N–H and O–H groups in total. The Labute approximate surface area is 97.6 Å². The van der Waals surface area contributed by atoms with E-state index < -0.39 is 0 Å². The number of ketones is 1. The van der Waals surface area contributed by atoms with Gasteiger partial charge in [0.05, 0.1) is 25.2 Å². The van der Waals surface area contributed by atoms with E-state index in [1.807, 2.05) is 0 Å². The number of hydrogen-bond acceptors (Lipinski definition) is 5. The maximum absolute atomic E-state index is 11.4. The number of benzene rings is 1. The first-order chi connectivity index (χ1) is 8.10. The first-order valence-electron chi connectivity index (χ1n) is 4.96. The minimum atomic E-state index is -0.189. The molecule has 0 spiro atoms. The van der Waals surface area contributed by atoms with Crippen LogP contribution in [-0.4, -0.2) is 25.1 Å². The molecule has 0 saturated heterocycles. The molecule has 1 aromatic carbocycles. The first-order valence-corrected chi connectivity index (χ1v) is 4.96. The maximum Gasteiger partial charge on any atom is 0.204 e. The standard InChI is InChI=1S/C12H12O5/c1-6(13)7-5-17-12-10(7)8(14)4-9(15-2)11(12)16-3/h4-5,14H,1-3H3. The predicted octanol–water partition coefficient (Wildman–Crippen LogP) is 2.36. The van der Waals surface area contributed by atoms with Crippen LogP contribution in [0.15, 0.2) is 16.7 Å². The molecule has 17 heavy (non-hydrogen) atoms. The lowest BCUT2D eigenvalue weighted by atomic mass is 10.1. The van der Waals surface area contributed by atoms with Crippen LogP contribution in [-0.2, 0) is 0 Å². The monoisotopic (exact) mass is 236 g/mol. The van der Waals surface area contributed by atoms with Crippen LogP contribution in [0.3, 0.4) is 0 Å². The van der Waals surface area contributed by atoms with Crippen LogP contribution < -0.4 is 9.47 Å². The third-order valence-corrected chi connectivity index (χ3v) is 2.55. The van der Waals surface area contributed by atoms with Crippen LogP contribution in [0, 0.1) is 0 Å². The van der Waals surface area contributed by atoms with Gasteiger partial charge in [-0.3, -0.25) is 4.79 Å². The van der Waals surface area contributed by atoms with Gasteiger partial charge < -0.3 is 19.0 Å². The Bertz CT molecular complexity index is 582. The van der Waals surface area contributed by atoms with Crippen LogP contribution >= 0.6 is 0 Å². The zero-order chi connectivity index (χ0) is 12.6. The predicted molar refractivity (Wildman–Crippen MR) is 61.0 cm³/mol. The summed E-state index contributed by atoms with van der Waals surface area (Å²) in [5.41, 5.74) is 0.619. The van der Waals surface area contributed by atoms with Crippen molar-refractivity contribution in [1.29, 1.82) is 0 Å². The molecule has 1 aromatic heterocycles. The average Bonchev–Trinajstić information content (AvgIpc) is 2.73. The number of carbonyl (C=O) groups excluding carboxylic acids is 1. The number of ether oxygens (including phenoxy) is 2. The number of carbonyl (C=O) groups is 1. The van der Waals surface area contributed by atoms with Gasteiger partial charge in [0.1, 0.15) is 12.0 Å². The highest BCUT2D eigenvalue weighted by Gasteiger charge is 2.21. The summed E-state index contributed by atoms with van der Waals surface area (Å²) in [6.45, 7) is 1.40. The van der Waals surface area contributed by atoms with E-state index in [0.29, 0.717) is 28.0 Å².